The molecule has 0 bridgehead atoms. The number of imide groups is 1. The van der Waals surface area contributed by atoms with E-state index in [1.54, 1.807) is 0 Å². The number of likely N-dealkylation sites (tertiary alicyclic amines) is 1. The second kappa shape index (κ2) is 10.5. The number of carbonyl (C=O) groups excluding carboxylic acids is 3. The molecule has 0 aliphatic carbocycles. The number of amides is 3. The van der Waals surface area contributed by atoms with Crippen LogP contribution in [-0.2, 0) is 21.4 Å². The fourth-order valence-electron chi connectivity index (χ4n) is 6.15. The zero-order valence-electron chi connectivity index (χ0n) is 21.4. The summed E-state index contributed by atoms with van der Waals surface area (Å²) in [6.45, 7) is 5.99. The Morgan fingerprint density at radius 1 is 1.06 bits per heavy atom. The average Bonchev–Trinajstić information content (AvgIpc) is 3.20. The van der Waals surface area contributed by atoms with Crippen LogP contribution in [0.3, 0.4) is 0 Å². The number of carbonyl (C=O) groups is 3. The largest absolute Gasteiger partial charge is 0.450 e. The highest BCUT2D eigenvalue weighted by Gasteiger charge is 2.32. The quantitative estimate of drug-likeness (QED) is 0.637. The standard InChI is InChI=1S/C27H37N5O4/c1-3-36-27(35)32-14-10-19(11-15-32)16-18-8-12-31(13-9-18)20-4-5-21-23(17-20)30(2)29-25(21)22-6-7-24(33)28-26(22)34/h4-5,17-19,22H,3,6-16H2,1-2H3,(H,28,33,34). The van der Waals surface area contributed by atoms with Crippen molar-refractivity contribution in [3.8, 4) is 0 Å². The van der Waals surface area contributed by atoms with E-state index < -0.39 is 0 Å². The summed E-state index contributed by atoms with van der Waals surface area (Å²) in [7, 11) is 1.92. The number of ether oxygens (including phenoxy) is 1. The summed E-state index contributed by atoms with van der Waals surface area (Å²) in [4.78, 5) is 40.2. The number of rotatable bonds is 5. The molecular weight excluding hydrogens is 458 g/mol. The van der Waals surface area contributed by atoms with Crippen LogP contribution in [0.4, 0.5) is 10.5 Å². The monoisotopic (exact) mass is 495 g/mol. The van der Waals surface area contributed by atoms with Gasteiger partial charge in [-0.2, -0.15) is 5.10 Å². The minimum atomic E-state index is -0.378. The van der Waals surface area contributed by atoms with Gasteiger partial charge in [-0.1, -0.05) is 0 Å². The van der Waals surface area contributed by atoms with Crippen LogP contribution < -0.4 is 10.2 Å². The van der Waals surface area contributed by atoms with Crippen LogP contribution >= 0.6 is 0 Å². The number of hydrogen-bond donors (Lipinski definition) is 1. The number of benzene rings is 1. The zero-order chi connectivity index (χ0) is 25.2. The minimum Gasteiger partial charge on any atom is -0.450 e. The van der Waals surface area contributed by atoms with Gasteiger partial charge in [0.05, 0.1) is 23.7 Å². The maximum atomic E-state index is 12.4. The molecule has 1 atom stereocenters. The smallest absolute Gasteiger partial charge is 0.409 e. The molecule has 3 saturated heterocycles. The van der Waals surface area contributed by atoms with E-state index in [0.29, 0.717) is 25.4 Å². The van der Waals surface area contributed by atoms with Crippen LogP contribution in [0.15, 0.2) is 18.2 Å². The zero-order valence-corrected chi connectivity index (χ0v) is 21.4. The lowest BCUT2D eigenvalue weighted by Crippen LogP contribution is -2.40. The van der Waals surface area contributed by atoms with Gasteiger partial charge in [-0.15, -0.1) is 0 Å². The minimum absolute atomic E-state index is 0.168. The third kappa shape index (κ3) is 5.06. The summed E-state index contributed by atoms with van der Waals surface area (Å²) in [6, 6.07) is 6.41. The third-order valence-electron chi connectivity index (χ3n) is 8.22. The molecule has 3 aliphatic rings. The Morgan fingerprint density at radius 3 is 2.42 bits per heavy atom. The fraction of sp³-hybridized carbons (Fsp3) is 0.630. The molecule has 4 heterocycles. The SMILES string of the molecule is CCOC(=O)N1CCC(CC2CCN(c3ccc4c(C5CCC(=O)NC5=O)nn(C)c4c3)CC2)CC1. The Morgan fingerprint density at radius 2 is 1.75 bits per heavy atom. The Balaban J connectivity index is 1.17. The van der Waals surface area contributed by atoms with Gasteiger partial charge in [-0.3, -0.25) is 19.6 Å². The number of nitrogens with zero attached hydrogens (tertiary/aromatic N) is 4. The topological polar surface area (TPSA) is 96.8 Å². The Labute approximate surface area is 212 Å². The van der Waals surface area contributed by atoms with Crippen LogP contribution in [0.2, 0.25) is 0 Å². The molecule has 2 aromatic rings. The molecule has 9 nitrogen and oxygen atoms in total. The van der Waals surface area contributed by atoms with Gasteiger partial charge < -0.3 is 14.5 Å². The fourth-order valence-corrected chi connectivity index (χ4v) is 6.15. The van der Waals surface area contributed by atoms with E-state index in [4.69, 9.17) is 4.74 Å². The number of aryl methyl sites for hydroxylation is 1. The summed E-state index contributed by atoms with van der Waals surface area (Å²) >= 11 is 0. The Kier molecular flexibility index (Phi) is 7.16. The van der Waals surface area contributed by atoms with Gasteiger partial charge in [0, 0.05) is 50.7 Å². The lowest BCUT2D eigenvalue weighted by molar-refractivity contribution is -0.134. The van der Waals surface area contributed by atoms with Gasteiger partial charge in [0.1, 0.15) is 0 Å². The highest BCUT2D eigenvalue weighted by atomic mass is 16.6. The van der Waals surface area contributed by atoms with Gasteiger partial charge in [0.2, 0.25) is 11.8 Å². The molecule has 0 saturated carbocycles. The van der Waals surface area contributed by atoms with E-state index in [1.165, 1.54) is 24.9 Å². The Hall–Kier alpha value is -3.10. The van der Waals surface area contributed by atoms with E-state index in [-0.39, 0.29) is 23.8 Å². The summed E-state index contributed by atoms with van der Waals surface area (Å²) < 4.78 is 7.00. The van der Waals surface area contributed by atoms with E-state index in [9.17, 15) is 14.4 Å². The molecule has 1 N–H and O–H groups in total. The van der Waals surface area contributed by atoms with Crippen molar-refractivity contribution in [1.29, 1.82) is 0 Å². The maximum Gasteiger partial charge on any atom is 0.409 e. The molecule has 194 valence electrons. The highest BCUT2D eigenvalue weighted by molar-refractivity contribution is 6.02. The van der Waals surface area contributed by atoms with Gasteiger partial charge in [0.15, 0.2) is 0 Å². The van der Waals surface area contributed by atoms with Crippen LogP contribution in [0.5, 0.6) is 0 Å². The lowest BCUT2D eigenvalue weighted by Gasteiger charge is -2.37. The van der Waals surface area contributed by atoms with Crippen molar-refractivity contribution in [2.24, 2.45) is 18.9 Å². The van der Waals surface area contributed by atoms with E-state index >= 15 is 0 Å². The van der Waals surface area contributed by atoms with Crippen molar-refractivity contribution in [2.45, 2.75) is 57.8 Å². The first kappa shape index (κ1) is 24.6. The van der Waals surface area contributed by atoms with Crippen LogP contribution in [-0.4, -0.2) is 65.4 Å². The molecule has 3 aliphatic heterocycles. The number of aromatic nitrogens is 2. The number of nitrogens with one attached hydrogen (secondary N) is 1. The van der Waals surface area contributed by atoms with Crippen molar-refractivity contribution >= 4 is 34.5 Å². The average molecular weight is 496 g/mol. The van der Waals surface area contributed by atoms with Gasteiger partial charge >= 0.3 is 6.09 Å². The van der Waals surface area contributed by atoms with Gasteiger partial charge in [-0.25, -0.2) is 4.79 Å². The van der Waals surface area contributed by atoms with Gasteiger partial charge in [0.25, 0.3) is 0 Å². The second-order valence-electron chi connectivity index (χ2n) is 10.5. The molecule has 1 unspecified atom stereocenters. The molecule has 0 radical (unpaired) electrons. The number of hydrogen-bond acceptors (Lipinski definition) is 6. The molecule has 3 fully saturated rings. The second-order valence-corrected chi connectivity index (χ2v) is 10.5. The summed E-state index contributed by atoms with van der Waals surface area (Å²) in [5, 5.41) is 8.11. The van der Waals surface area contributed by atoms with Crippen LogP contribution in [0.1, 0.15) is 63.5 Å². The van der Waals surface area contributed by atoms with Crippen molar-refractivity contribution in [2.75, 3.05) is 37.7 Å². The predicted molar refractivity (Wildman–Crippen MR) is 137 cm³/mol. The molecule has 3 amide bonds. The normalized spacial score (nSPS) is 22.2. The molecule has 0 spiro atoms. The molecule has 1 aromatic carbocycles. The van der Waals surface area contributed by atoms with E-state index in [1.807, 2.05) is 23.6 Å². The van der Waals surface area contributed by atoms with Crippen molar-refractivity contribution < 1.29 is 19.1 Å². The van der Waals surface area contributed by atoms with Crippen LogP contribution in [0, 0.1) is 11.8 Å². The van der Waals surface area contributed by atoms with E-state index in [0.717, 1.165) is 61.5 Å². The highest BCUT2D eigenvalue weighted by Crippen LogP contribution is 2.35. The maximum absolute atomic E-state index is 12.4. The molecule has 1 aromatic heterocycles. The van der Waals surface area contributed by atoms with Crippen molar-refractivity contribution in [3.05, 3.63) is 23.9 Å². The lowest BCUT2D eigenvalue weighted by atomic mass is 9.83. The van der Waals surface area contributed by atoms with Crippen molar-refractivity contribution in [1.82, 2.24) is 20.0 Å². The van der Waals surface area contributed by atoms with Gasteiger partial charge in [-0.05, 0) is 75.5 Å². The third-order valence-corrected chi connectivity index (χ3v) is 8.22. The Bertz CT molecular complexity index is 1130. The first-order valence-corrected chi connectivity index (χ1v) is 13.4. The summed E-state index contributed by atoms with van der Waals surface area (Å²) in [5.41, 5.74) is 2.97. The van der Waals surface area contributed by atoms with Crippen LogP contribution in [0.25, 0.3) is 10.9 Å². The number of piperidine rings is 3. The number of anilines is 1. The molecular formula is C27H37N5O4. The summed E-state index contributed by atoms with van der Waals surface area (Å²) in [5.74, 6) is 0.606. The predicted octanol–water partition coefficient (Wildman–Crippen LogP) is 3.57. The first-order chi connectivity index (χ1) is 17.4. The van der Waals surface area contributed by atoms with E-state index in [2.05, 4.69) is 33.5 Å². The number of fused-ring (bicyclic) bond motifs is 1. The van der Waals surface area contributed by atoms with Crippen molar-refractivity contribution in [3.63, 3.8) is 0 Å². The molecule has 36 heavy (non-hydrogen) atoms. The summed E-state index contributed by atoms with van der Waals surface area (Å²) in [6.07, 6.45) is 6.46. The first-order valence-electron chi connectivity index (χ1n) is 13.4. The molecule has 5 rings (SSSR count). The molecule has 9 heteroatoms.